The number of benzene rings is 2. The van der Waals surface area contributed by atoms with Crippen LogP contribution in [0.3, 0.4) is 0 Å². The lowest BCUT2D eigenvalue weighted by Gasteiger charge is -2.31. The molecule has 10 heteroatoms. The fourth-order valence-corrected chi connectivity index (χ4v) is 7.86. The van der Waals surface area contributed by atoms with Crippen molar-refractivity contribution in [2.75, 3.05) is 13.1 Å². The highest BCUT2D eigenvalue weighted by Gasteiger charge is 2.43. The van der Waals surface area contributed by atoms with E-state index in [9.17, 15) is 17.8 Å². The first-order valence-electron chi connectivity index (χ1n) is 13.4. The number of aryl methyl sites for hydroxylation is 1. The Morgan fingerprint density at radius 1 is 0.949 bits per heavy atom. The zero-order valence-corrected chi connectivity index (χ0v) is 25.3. The predicted octanol–water partition coefficient (Wildman–Crippen LogP) is 6.77. The number of carbonyl (C=O) groups excluding carboxylic acids is 1. The van der Waals surface area contributed by atoms with Crippen molar-refractivity contribution < 1.29 is 31.6 Å². The number of hydrogen-bond donors (Lipinski definition) is 0. The SMILES string of the molecule is CCCC/C(OC(c1ccccc1)P(=O)(OC(C)C)OC(C)C)=C1/CN(S(=O)(=O)c2ccc(C)cc2)CC1=O. The maximum absolute atomic E-state index is 14.3. The van der Waals surface area contributed by atoms with Crippen molar-refractivity contribution >= 4 is 23.4 Å². The second-order valence-electron chi connectivity index (χ2n) is 10.2. The van der Waals surface area contributed by atoms with Crippen molar-refractivity contribution in [1.82, 2.24) is 4.31 Å². The highest BCUT2D eigenvalue weighted by atomic mass is 32.2. The molecule has 1 atom stereocenters. The summed E-state index contributed by atoms with van der Waals surface area (Å²) in [5, 5.41) is 0. The Morgan fingerprint density at radius 3 is 2.08 bits per heavy atom. The predicted molar refractivity (Wildman–Crippen MR) is 152 cm³/mol. The third-order valence-electron chi connectivity index (χ3n) is 6.09. The van der Waals surface area contributed by atoms with Crippen LogP contribution in [0.4, 0.5) is 0 Å². The maximum atomic E-state index is 14.3. The Bertz CT molecular complexity index is 1290. The van der Waals surface area contributed by atoms with E-state index < -0.39 is 35.7 Å². The second-order valence-corrected chi connectivity index (χ2v) is 14.2. The van der Waals surface area contributed by atoms with E-state index in [0.29, 0.717) is 24.2 Å². The molecule has 2 aromatic rings. The minimum absolute atomic E-state index is 0.125. The Balaban J connectivity index is 2.07. The van der Waals surface area contributed by atoms with E-state index in [1.54, 1.807) is 76.2 Å². The first-order chi connectivity index (χ1) is 18.4. The molecule has 3 rings (SSSR count). The molecule has 0 bridgehead atoms. The van der Waals surface area contributed by atoms with Gasteiger partial charge in [-0.1, -0.05) is 61.4 Å². The van der Waals surface area contributed by atoms with Gasteiger partial charge in [-0.3, -0.25) is 9.36 Å². The van der Waals surface area contributed by atoms with Crippen LogP contribution in [0.1, 0.15) is 70.9 Å². The van der Waals surface area contributed by atoms with Gasteiger partial charge in [0.15, 0.2) is 5.78 Å². The number of ketones is 1. The van der Waals surface area contributed by atoms with Gasteiger partial charge in [-0.05, 0) is 53.2 Å². The molecular weight excluding hydrogens is 537 g/mol. The molecule has 0 N–H and O–H groups in total. The summed E-state index contributed by atoms with van der Waals surface area (Å²) in [4.78, 5) is 13.4. The van der Waals surface area contributed by atoms with Crippen LogP contribution < -0.4 is 0 Å². The number of sulfonamides is 1. The monoisotopic (exact) mass is 577 g/mol. The molecule has 8 nitrogen and oxygen atoms in total. The van der Waals surface area contributed by atoms with Crippen LogP contribution in [0.2, 0.25) is 0 Å². The average molecular weight is 578 g/mol. The van der Waals surface area contributed by atoms with E-state index >= 15 is 0 Å². The molecule has 1 heterocycles. The van der Waals surface area contributed by atoms with Crippen LogP contribution in [0.5, 0.6) is 0 Å². The van der Waals surface area contributed by atoms with Gasteiger partial charge < -0.3 is 13.8 Å². The van der Waals surface area contributed by atoms with Crippen LogP contribution in [0, 0.1) is 6.92 Å². The quantitative estimate of drug-likeness (QED) is 0.147. The number of unbranched alkanes of at least 4 members (excludes halogenated alkanes) is 1. The lowest BCUT2D eigenvalue weighted by Crippen LogP contribution is -2.29. The maximum Gasteiger partial charge on any atom is 0.375 e. The molecule has 1 aliphatic heterocycles. The minimum Gasteiger partial charge on any atom is -0.477 e. The van der Waals surface area contributed by atoms with Gasteiger partial charge in [0.1, 0.15) is 5.76 Å². The summed E-state index contributed by atoms with van der Waals surface area (Å²) in [5.74, 6) is -1.16. The van der Waals surface area contributed by atoms with E-state index in [1.165, 1.54) is 0 Å². The van der Waals surface area contributed by atoms with Crippen molar-refractivity contribution in [2.45, 2.75) is 83.8 Å². The van der Waals surface area contributed by atoms with E-state index in [2.05, 4.69) is 0 Å². The lowest BCUT2D eigenvalue weighted by molar-refractivity contribution is -0.114. The van der Waals surface area contributed by atoms with Gasteiger partial charge in [0.05, 0.1) is 23.6 Å². The number of allylic oxidation sites excluding steroid dienone is 1. The summed E-state index contributed by atoms with van der Waals surface area (Å²) in [7, 11) is -7.81. The van der Waals surface area contributed by atoms with E-state index in [4.69, 9.17) is 13.8 Å². The molecule has 0 radical (unpaired) electrons. The minimum atomic E-state index is -3.91. The summed E-state index contributed by atoms with van der Waals surface area (Å²) in [5.41, 5.74) is 1.78. The Morgan fingerprint density at radius 2 is 1.54 bits per heavy atom. The molecule has 0 amide bonds. The zero-order valence-electron chi connectivity index (χ0n) is 23.6. The molecule has 1 aliphatic rings. The Hall–Kier alpha value is -2.29. The highest BCUT2D eigenvalue weighted by molar-refractivity contribution is 7.89. The van der Waals surface area contributed by atoms with Crippen molar-refractivity contribution in [3.8, 4) is 0 Å². The molecule has 1 unspecified atom stereocenters. The van der Waals surface area contributed by atoms with Crippen molar-refractivity contribution in [2.24, 2.45) is 0 Å². The molecule has 2 aromatic carbocycles. The fourth-order valence-electron chi connectivity index (χ4n) is 4.26. The van der Waals surface area contributed by atoms with Crippen LogP contribution in [0.15, 0.2) is 70.8 Å². The van der Waals surface area contributed by atoms with Crippen LogP contribution in [-0.2, 0) is 33.2 Å². The number of nitrogens with zero attached hydrogens (tertiary/aromatic N) is 1. The van der Waals surface area contributed by atoms with Crippen LogP contribution in [0.25, 0.3) is 0 Å². The molecule has 1 fully saturated rings. The molecular formula is C29H40NO7PS. The highest BCUT2D eigenvalue weighted by Crippen LogP contribution is 2.63. The third kappa shape index (κ3) is 7.89. The second kappa shape index (κ2) is 13.4. The topological polar surface area (TPSA) is 99.2 Å². The molecule has 0 saturated carbocycles. The number of Topliss-reactive ketones (excluding diaryl/α,β-unsaturated/α-hetero) is 1. The standard InChI is InChI=1S/C29H40NO7PS/c1-7-8-14-28(26-19-30(20-27(26)31)39(33,34)25-17-15-23(6)16-18-25)35-29(24-12-10-9-11-13-24)38(32,36-21(2)3)37-22(4)5/h9-13,15-18,21-22,29H,7-8,14,19-20H2,1-6H3/b28-26+. The summed E-state index contributed by atoms with van der Waals surface area (Å²) in [6.45, 7) is 10.5. The normalized spacial score (nSPS) is 17.2. The molecule has 0 aliphatic carbocycles. The smallest absolute Gasteiger partial charge is 0.375 e. The van der Waals surface area contributed by atoms with Gasteiger partial charge in [0, 0.05) is 24.1 Å². The Labute approximate surface area is 232 Å². The summed E-state index contributed by atoms with van der Waals surface area (Å²) < 4.78 is 60.4. The molecule has 214 valence electrons. The number of carbonyl (C=O) groups is 1. The van der Waals surface area contributed by atoms with E-state index in [-0.39, 0.29) is 29.3 Å². The summed E-state index contributed by atoms with van der Waals surface area (Å²) in [6, 6.07) is 15.5. The van der Waals surface area contributed by atoms with Gasteiger partial charge in [-0.15, -0.1) is 0 Å². The number of hydrogen-bond acceptors (Lipinski definition) is 7. The van der Waals surface area contributed by atoms with Crippen LogP contribution >= 0.6 is 7.60 Å². The van der Waals surface area contributed by atoms with Gasteiger partial charge in [-0.25, -0.2) is 8.42 Å². The molecule has 0 spiro atoms. The number of ether oxygens (including phenoxy) is 1. The summed E-state index contributed by atoms with van der Waals surface area (Å²) >= 11 is 0. The largest absolute Gasteiger partial charge is 0.477 e. The van der Waals surface area contributed by atoms with Gasteiger partial charge in [0.25, 0.3) is 0 Å². The molecule has 0 aromatic heterocycles. The first kappa shape index (κ1) is 31.2. The average Bonchev–Trinajstić information content (AvgIpc) is 3.26. The van der Waals surface area contributed by atoms with Crippen molar-refractivity contribution in [3.05, 3.63) is 77.1 Å². The third-order valence-corrected chi connectivity index (χ3v) is 10.3. The summed E-state index contributed by atoms with van der Waals surface area (Å²) in [6.07, 6.45) is 1.05. The van der Waals surface area contributed by atoms with E-state index in [0.717, 1.165) is 16.3 Å². The van der Waals surface area contributed by atoms with Crippen molar-refractivity contribution in [3.63, 3.8) is 0 Å². The van der Waals surface area contributed by atoms with Crippen LogP contribution in [-0.4, -0.2) is 43.8 Å². The van der Waals surface area contributed by atoms with Gasteiger partial charge in [-0.2, -0.15) is 4.31 Å². The fraction of sp³-hybridized carbons (Fsp3) is 0.483. The zero-order chi connectivity index (χ0) is 28.8. The first-order valence-corrected chi connectivity index (χ1v) is 16.4. The lowest BCUT2D eigenvalue weighted by atomic mass is 10.1. The number of rotatable bonds is 13. The molecule has 39 heavy (non-hydrogen) atoms. The van der Waals surface area contributed by atoms with Gasteiger partial charge in [0.2, 0.25) is 15.9 Å². The van der Waals surface area contributed by atoms with E-state index in [1.807, 2.05) is 19.9 Å². The Kier molecular flexibility index (Phi) is 10.7. The molecule has 1 saturated heterocycles. The van der Waals surface area contributed by atoms with Crippen molar-refractivity contribution in [1.29, 1.82) is 0 Å². The van der Waals surface area contributed by atoms with Gasteiger partial charge >= 0.3 is 7.60 Å².